The number of sulfonamides is 1. The number of carbonyl (C=O) groups is 4. The zero-order valence-electron chi connectivity index (χ0n) is 35.9. The van der Waals surface area contributed by atoms with Gasteiger partial charge in [-0.1, -0.05) is 38.1 Å². The highest BCUT2D eigenvalue weighted by Crippen LogP contribution is 2.34. The molecule has 0 aliphatic carbocycles. The van der Waals surface area contributed by atoms with Crippen LogP contribution in [0, 0.1) is 5.92 Å². The Labute approximate surface area is 368 Å². The van der Waals surface area contributed by atoms with Crippen LogP contribution in [0.3, 0.4) is 0 Å². The van der Waals surface area contributed by atoms with Crippen molar-refractivity contribution in [2.24, 2.45) is 5.92 Å². The van der Waals surface area contributed by atoms with Gasteiger partial charge in [-0.25, -0.2) is 18.4 Å². The number of rotatable bonds is 20. The number of hydrogen-bond donors (Lipinski definition) is 3. The smallest absolute Gasteiger partial charge is 0.262 e. The summed E-state index contributed by atoms with van der Waals surface area (Å²) in [5, 5.41) is 5.51. The van der Waals surface area contributed by atoms with Gasteiger partial charge in [0.2, 0.25) is 27.8 Å². The fraction of sp³-hybridized carbons (Fsp3) is 0.435. The van der Waals surface area contributed by atoms with Crippen molar-refractivity contribution in [1.82, 2.24) is 25.1 Å². The number of carbonyl (C=O) groups excluding carboxylic acids is 4. The molecule has 4 aromatic rings. The van der Waals surface area contributed by atoms with E-state index in [0.29, 0.717) is 49.4 Å². The monoisotopic (exact) mass is 881 g/mol. The third-order valence-electron chi connectivity index (χ3n) is 11.7. The van der Waals surface area contributed by atoms with Crippen LogP contribution in [0.25, 0.3) is 0 Å². The van der Waals surface area contributed by atoms with Gasteiger partial charge in [-0.3, -0.25) is 34.1 Å². The van der Waals surface area contributed by atoms with Crippen LogP contribution < -0.4 is 24.8 Å². The Kier molecular flexibility index (Phi) is 14.4. The molecule has 4 amide bonds. The number of nitrogens with zero attached hydrogens (tertiary/aromatic N) is 4. The molecule has 3 aliphatic heterocycles. The zero-order valence-corrected chi connectivity index (χ0v) is 36.7. The van der Waals surface area contributed by atoms with E-state index in [4.69, 9.17) is 14.2 Å². The van der Waals surface area contributed by atoms with E-state index in [-0.39, 0.29) is 41.9 Å². The molecule has 16 nitrogen and oxygen atoms in total. The van der Waals surface area contributed by atoms with Crippen LogP contribution in [0.1, 0.15) is 89.9 Å². The maximum atomic E-state index is 13.1. The maximum absolute atomic E-state index is 13.1. The lowest BCUT2D eigenvalue weighted by Gasteiger charge is -2.31. The Morgan fingerprint density at radius 3 is 2.17 bits per heavy atom. The molecule has 3 aliphatic rings. The Hall–Kier alpha value is -5.91. The van der Waals surface area contributed by atoms with Gasteiger partial charge in [-0.15, -0.1) is 0 Å². The first-order valence-electron chi connectivity index (χ1n) is 21.4. The average Bonchev–Trinajstić information content (AvgIpc) is 3.51. The van der Waals surface area contributed by atoms with E-state index in [0.717, 1.165) is 67.8 Å². The molecule has 3 aromatic carbocycles. The molecule has 2 saturated heterocycles. The molecule has 0 saturated carbocycles. The predicted molar refractivity (Wildman–Crippen MR) is 236 cm³/mol. The molecule has 2 fully saturated rings. The topological polar surface area (TPSA) is 198 Å². The number of nitrogens with one attached hydrogen (secondary N) is 3. The normalized spacial score (nSPS) is 17.4. The Morgan fingerprint density at radius 2 is 1.49 bits per heavy atom. The number of likely N-dealkylation sites (tertiary alicyclic amines) is 1. The van der Waals surface area contributed by atoms with Gasteiger partial charge in [-0.05, 0) is 111 Å². The second-order valence-electron chi connectivity index (χ2n) is 16.8. The number of imide groups is 2. The molecule has 7 rings (SSSR count). The van der Waals surface area contributed by atoms with Crippen molar-refractivity contribution in [3.8, 4) is 11.5 Å². The fourth-order valence-corrected chi connectivity index (χ4v) is 8.45. The van der Waals surface area contributed by atoms with Gasteiger partial charge in [0.05, 0.1) is 29.7 Å². The highest BCUT2D eigenvalue weighted by molar-refractivity contribution is 7.92. The van der Waals surface area contributed by atoms with Crippen LogP contribution in [-0.2, 0) is 36.4 Å². The van der Waals surface area contributed by atoms with Gasteiger partial charge in [0.25, 0.3) is 11.8 Å². The van der Waals surface area contributed by atoms with E-state index >= 15 is 0 Å². The molecule has 17 heteroatoms. The van der Waals surface area contributed by atoms with E-state index in [1.807, 2.05) is 24.3 Å². The Bertz CT molecular complexity index is 2390. The molecule has 1 aromatic heterocycles. The van der Waals surface area contributed by atoms with Gasteiger partial charge >= 0.3 is 0 Å². The van der Waals surface area contributed by atoms with Gasteiger partial charge in [0, 0.05) is 50.0 Å². The standard InChI is InChI=1S/C46H55N7O9S/c1-46(2,33-8-13-37(14-9-33)62-30-35-18-22-48-45(49-35)51-63(3,58)59)32-6-11-36(12-7-32)61-29-31-19-24-52(25-20-31)23-5-27-60-26-4-21-47-34-10-15-38-39(28-34)44(57)53(43(38)56)40-16-17-41(54)50-42(40)55/h6-15,18,22,28,31,40,47H,4-5,16-17,19-21,23-27,29-30H2,1-3H3,(H,48,49,51)(H,50,54,55). The minimum Gasteiger partial charge on any atom is -0.493 e. The van der Waals surface area contributed by atoms with E-state index in [1.165, 1.54) is 11.8 Å². The molecule has 0 bridgehead atoms. The zero-order chi connectivity index (χ0) is 44.6. The van der Waals surface area contributed by atoms with Crippen LogP contribution in [0.2, 0.25) is 0 Å². The van der Waals surface area contributed by atoms with E-state index in [1.54, 1.807) is 24.3 Å². The van der Waals surface area contributed by atoms with Crippen molar-refractivity contribution in [1.29, 1.82) is 0 Å². The molecule has 3 N–H and O–H groups in total. The number of ether oxygens (including phenoxy) is 3. The summed E-state index contributed by atoms with van der Waals surface area (Å²) in [6.07, 6.45) is 6.66. The second-order valence-corrected chi connectivity index (χ2v) is 18.5. The summed E-state index contributed by atoms with van der Waals surface area (Å²) in [5.41, 5.74) is 3.82. The lowest BCUT2D eigenvalue weighted by molar-refractivity contribution is -0.136. The number of piperidine rings is 2. The first kappa shape index (κ1) is 45.1. The van der Waals surface area contributed by atoms with E-state index < -0.39 is 39.7 Å². The summed E-state index contributed by atoms with van der Waals surface area (Å²) >= 11 is 0. The SMILES string of the molecule is CC(C)(c1ccc(OCc2ccnc(NS(C)(=O)=O)n2)cc1)c1ccc(OCC2CCN(CCCOCCCNc3ccc4c(c3)C(=O)N(C3CCC(=O)NC3=O)C4=O)CC2)cc1. The van der Waals surface area contributed by atoms with Gasteiger partial charge in [0.1, 0.15) is 24.1 Å². The molecular formula is C46H55N7O9S. The maximum Gasteiger partial charge on any atom is 0.262 e. The third kappa shape index (κ3) is 11.8. The molecule has 1 unspecified atom stereocenters. The lowest BCUT2D eigenvalue weighted by Crippen LogP contribution is -2.54. The summed E-state index contributed by atoms with van der Waals surface area (Å²) in [7, 11) is -3.48. The molecule has 4 heterocycles. The number of aromatic nitrogens is 2. The van der Waals surface area contributed by atoms with Crippen molar-refractivity contribution >= 4 is 45.3 Å². The molecule has 0 radical (unpaired) electrons. The molecule has 0 spiro atoms. The summed E-state index contributed by atoms with van der Waals surface area (Å²) in [6, 6.07) is 22.0. The van der Waals surface area contributed by atoms with Crippen molar-refractivity contribution < 1.29 is 41.8 Å². The Balaban J connectivity index is 0.745. The van der Waals surface area contributed by atoms with Gasteiger partial charge in [0.15, 0.2) is 0 Å². The number of amides is 4. The van der Waals surface area contributed by atoms with Crippen LogP contribution in [-0.4, -0.2) is 110 Å². The minimum atomic E-state index is -3.48. The van der Waals surface area contributed by atoms with Gasteiger partial charge < -0.3 is 24.4 Å². The van der Waals surface area contributed by atoms with Crippen LogP contribution in [0.5, 0.6) is 11.5 Å². The van der Waals surface area contributed by atoms with Crippen molar-refractivity contribution in [2.75, 3.05) is 62.3 Å². The summed E-state index contributed by atoms with van der Waals surface area (Å²) in [5.74, 6) is -0.00108. The van der Waals surface area contributed by atoms with Crippen LogP contribution in [0.15, 0.2) is 79.0 Å². The highest BCUT2D eigenvalue weighted by atomic mass is 32.2. The first-order valence-corrected chi connectivity index (χ1v) is 23.3. The molecular weight excluding hydrogens is 827 g/mol. The van der Waals surface area contributed by atoms with Crippen molar-refractivity contribution in [3.63, 3.8) is 0 Å². The first-order chi connectivity index (χ1) is 30.2. The molecule has 1 atom stereocenters. The largest absolute Gasteiger partial charge is 0.493 e. The second kappa shape index (κ2) is 20.1. The predicted octanol–water partition coefficient (Wildman–Crippen LogP) is 5.15. The molecule has 63 heavy (non-hydrogen) atoms. The van der Waals surface area contributed by atoms with E-state index in [2.05, 4.69) is 68.3 Å². The number of benzene rings is 3. The fourth-order valence-electron chi connectivity index (χ4n) is 8.02. The lowest BCUT2D eigenvalue weighted by atomic mass is 9.78. The Morgan fingerprint density at radius 1 is 0.825 bits per heavy atom. The van der Waals surface area contributed by atoms with Gasteiger partial charge in [-0.2, -0.15) is 0 Å². The number of hydrogen-bond acceptors (Lipinski definition) is 13. The number of fused-ring (bicyclic) bond motifs is 1. The molecule has 334 valence electrons. The number of anilines is 2. The average molecular weight is 882 g/mol. The quantitative estimate of drug-likeness (QED) is 0.0779. The third-order valence-corrected chi connectivity index (χ3v) is 12.3. The van der Waals surface area contributed by atoms with Crippen molar-refractivity contribution in [3.05, 3.63) is 107 Å². The van der Waals surface area contributed by atoms with Crippen LogP contribution in [0.4, 0.5) is 11.6 Å². The van der Waals surface area contributed by atoms with E-state index in [9.17, 15) is 27.6 Å². The van der Waals surface area contributed by atoms with Crippen molar-refractivity contribution in [2.45, 2.75) is 70.4 Å². The van der Waals surface area contributed by atoms with Crippen LogP contribution >= 0.6 is 0 Å². The minimum absolute atomic E-state index is 0.00628. The highest BCUT2D eigenvalue weighted by Gasteiger charge is 2.44. The summed E-state index contributed by atoms with van der Waals surface area (Å²) in [6.45, 7) is 10.2. The summed E-state index contributed by atoms with van der Waals surface area (Å²) < 4.78 is 43.3. The summed E-state index contributed by atoms with van der Waals surface area (Å²) in [4.78, 5) is 61.5.